The number of nitrogens with zero attached hydrogens (tertiary/aromatic N) is 1. The van der Waals surface area contributed by atoms with Gasteiger partial charge in [0.15, 0.2) is 0 Å². The molecule has 0 bridgehead atoms. The second kappa shape index (κ2) is 8.75. The minimum atomic E-state index is -3.75. The molecule has 0 saturated heterocycles. The van der Waals surface area contributed by atoms with Gasteiger partial charge in [-0.05, 0) is 35.1 Å². The summed E-state index contributed by atoms with van der Waals surface area (Å²) in [5.74, 6) is 0.316. The van der Waals surface area contributed by atoms with Crippen molar-refractivity contribution >= 4 is 30.9 Å². The Kier molecular flexibility index (Phi) is 6.50. The van der Waals surface area contributed by atoms with Gasteiger partial charge in [-0.3, -0.25) is 0 Å². The Morgan fingerprint density at radius 1 is 0.867 bits per heavy atom. The fourth-order valence-electron chi connectivity index (χ4n) is 3.24. The lowest BCUT2D eigenvalue weighted by Gasteiger charge is -2.25. The molecule has 0 aliphatic rings. The van der Waals surface area contributed by atoms with Gasteiger partial charge in [0.2, 0.25) is 10.0 Å². The maximum Gasteiger partial charge on any atom is 0.306 e. The van der Waals surface area contributed by atoms with Crippen LogP contribution in [0, 0.1) is 5.92 Å². The summed E-state index contributed by atoms with van der Waals surface area (Å²) < 4.78 is 56.0. The van der Waals surface area contributed by atoms with Gasteiger partial charge in [0.05, 0.1) is 11.2 Å². The molecule has 0 amide bonds. The van der Waals surface area contributed by atoms with Gasteiger partial charge in [-0.15, -0.1) is 0 Å². The minimum absolute atomic E-state index is 0.127. The summed E-state index contributed by atoms with van der Waals surface area (Å²) in [7, 11) is -7.37. The minimum Gasteiger partial charge on any atom is -0.383 e. The van der Waals surface area contributed by atoms with Crippen molar-refractivity contribution in [1.82, 2.24) is 4.31 Å². The first-order valence-electron chi connectivity index (χ1n) is 9.52. The molecule has 3 aromatic carbocycles. The summed E-state index contributed by atoms with van der Waals surface area (Å²) in [5.41, 5.74) is 0.736. The van der Waals surface area contributed by atoms with Crippen LogP contribution in [0.3, 0.4) is 0 Å². The van der Waals surface area contributed by atoms with E-state index in [2.05, 4.69) is 0 Å². The van der Waals surface area contributed by atoms with Crippen molar-refractivity contribution in [1.29, 1.82) is 0 Å². The van der Waals surface area contributed by atoms with E-state index >= 15 is 0 Å². The predicted octanol–water partition coefficient (Wildman–Crippen LogP) is 4.03. The molecule has 3 aromatic rings. The third-order valence-corrected chi connectivity index (χ3v) is 6.83. The summed E-state index contributed by atoms with van der Waals surface area (Å²) >= 11 is 0. The summed E-state index contributed by atoms with van der Waals surface area (Å²) in [6, 6.07) is 19.1. The van der Waals surface area contributed by atoms with E-state index in [1.165, 1.54) is 16.4 Å². The highest BCUT2D eigenvalue weighted by Crippen LogP contribution is 2.27. The van der Waals surface area contributed by atoms with Crippen LogP contribution in [-0.4, -0.2) is 33.9 Å². The van der Waals surface area contributed by atoms with Crippen LogP contribution in [0.2, 0.25) is 0 Å². The second-order valence-corrected chi connectivity index (χ2v) is 11.1. The van der Waals surface area contributed by atoms with E-state index in [4.69, 9.17) is 4.18 Å². The van der Waals surface area contributed by atoms with Crippen molar-refractivity contribution in [3.05, 3.63) is 72.3 Å². The molecule has 30 heavy (non-hydrogen) atoms. The van der Waals surface area contributed by atoms with E-state index < -0.39 is 20.1 Å². The zero-order chi connectivity index (χ0) is 21.9. The van der Waals surface area contributed by atoms with E-state index in [0.717, 1.165) is 17.2 Å². The number of hydrogen-bond acceptors (Lipinski definition) is 5. The van der Waals surface area contributed by atoms with Crippen molar-refractivity contribution < 1.29 is 21.0 Å². The van der Waals surface area contributed by atoms with E-state index in [0.29, 0.717) is 11.9 Å². The smallest absolute Gasteiger partial charge is 0.306 e. The molecule has 160 valence electrons. The average molecular weight is 448 g/mol. The summed E-state index contributed by atoms with van der Waals surface area (Å²) in [4.78, 5) is 0.276. The van der Waals surface area contributed by atoms with Crippen molar-refractivity contribution in [2.45, 2.75) is 25.3 Å². The van der Waals surface area contributed by atoms with Gasteiger partial charge < -0.3 is 4.18 Å². The fraction of sp³-hybridized carbons (Fsp3) is 0.273. The number of benzene rings is 3. The molecule has 0 unspecified atom stereocenters. The van der Waals surface area contributed by atoms with Gasteiger partial charge in [-0.1, -0.05) is 62.4 Å². The van der Waals surface area contributed by atoms with Crippen LogP contribution in [0.5, 0.6) is 5.75 Å². The first-order valence-corrected chi connectivity index (χ1v) is 12.8. The molecule has 0 radical (unpaired) electrons. The van der Waals surface area contributed by atoms with Crippen LogP contribution >= 0.6 is 0 Å². The molecule has 0 atom stereocenters. The molecule has 0 aliphatic heterocycles. The van der Waals surface area contributed by atoms with Gasteiger partial charge in [0, 0.05) is 18.5 Å². The van der Waals surface area contributed by atoms with Gasteiger partial charge in [-0.25, -0.2) is 8.42 Å². The molecule has 0 heterocycles. The van der Waals surface area contributed by atoms with E-state index in [-0.39, 0.29) is 23.1 Å². The predicted molar refractivity (Wildman–Crippen MR) is 118 cm³/mol. The maximum atomic E-state index is 13.6. The van der Waals surface area contributed by atoms with Crippen LogP contribution in [-0.2, 0) is 26.7 Å². The molecule has 0 saturated carbocycles. The largest absolute Gasteiger partial charge is 0.383 e. The molecule has 6 nitrogen and oxygen atoms in total. The van der Waals surface area contributed by atoms with Crippen molar-refractivity contribution in [3.63, 3.8) is 0 Å². The molecular formula is C22H25NO5S2. The summed E-state index contributed by atoms with van der Waals surface area (Å²) in [6.45, 7) is 4.46. The monoisotopic (exact) mass is 447 g/mol. The molecule has 0 spiro atoms. The summed E-state index contributed by atoms with van der Waals surface area (Å²) in [6.07, 6.45) is 0.974. The van der Waals surface area contributed by atoms with E-state index in [1.54, 1.807) is 24.3 Å². The zero-order valence-corrected chi connectivity index (χ0v) is 18.8. The van der Waals surface area contributed by atoms with Gasteiger partial charge in [0.1, 0.15) is 5.75 Å². The third kappa shape index (κ3) is 5.38. The molecular weight excluding hydrogens is 422 g/mol. The number of sulfonamides is 1. The summed E-state index contributed by atoms with van der Waals surface area (Å²) in [5, 5.41) is 1.55. The normalized spacial score (nSPS) is 12.6. The van der Waals surface area contributed by atoms with Gasteiger partial charge in [-0.2, -0.15) is 12.7 Å². The number of hydrogen-bond donors (Lipinski definition) is 0. The Morgan fingerprint density at radius 2 is 1.50 bits per heavy atom. The molecule has 8 heteroatoms. The third-order valence-electron chi connectivity index (χ3n) is 4.47. The van der Waals surface area contributed by atoms with Crippen molar-refractivity contribution in [2.75, 3.05) is 12.8 Å². The Balaban J connectivity index is 1.95. The first kappa shape index (κ1) is 22.3. The first-order chi connectivity index (χ1) is 14.1. The maximum absolute atomic E-state index is 13.6. The fourth-order valence-corrected chi connectivity index (χ4v) is 5.51. The highest BCUT2D eigenvalue weighted by molar-refractivity contribution is 7.89. The van der Waals surface area contributed by atoms with Crippen molar-refractivity contribution in [3.8, 4) is 5.75 Å². The highest BCUT2D eigenvalue weighted by Gasteiger charge is 2.27. The topological polar surface area (TPSA) is 80.8 Å². The lowest BCUT2D eigenvalue weighted by atomic mass is 10.1. The number of fused-ring (bicyclic) bond motifs is 1. The number of rotatable bonds is 8. The molecule has 0 aromatic heterocycles. The lowest BCUT2D eigenvalue weighted by molar-refractivity contribution is 0.362. The second-order valence-electron chi connectivity index (χ2n) is 7.60. The SMILES string of the molecule is CC(C)CN(Cc1ccc(OS(C)(=O)=O)cc1)S(=O)(=O)c1cccc2ccccc12. The molecule has 0 aliphatic carbocycles. The average Bonchev–Trinajstić information content (AvgIpc) is 2.67. The lowest BCUT2D eigenvalue weighted by Crippen LogP contribution is -2.34. The van der Waals surface area contributed by atoms with Crippen LogP contribution in [0.25, 0.3) is 10.8 Å². The van der Waals surface area contributed by atoms with Crippen LogP contribution in [0.15, 0.2) is 71.6 Å². The molecule has 0 N–H and O–H groups in total. The Bertz CT molecular complexity index is 1230. The van der Waals surface area contributed by atoms with E-state index in [1.807, 2.05) is 44.2 Å². The Labute approximate surface area is 178 Å². The van der Waals surface area contributed by atoms with Crippen LogP contribution in [0.4, 0.5) is 0 Å². The zero-order valence-electron chi connectivity index (χ0n) is 17.1. The standard InChI is InChI=1S/C22H25NO5S2/c1-17(2)15-23(16-18-11-13-20(14-12-18)28-29(3,24)25)30(26,27)22-10-6-8-19-7-4-5-9-21(19)22/h4-14,17H,15-16H2,1-3H3. The van der Waals surface area contributed by atoms with Gasteiger partial charge in [0.25, 0.3) is 0 Å². The molecule has 3 rings (SSSR count). The van der Waals surface area contributed by atoms with Gasteiger partial charge >= 0.3 is 10.1 Å². The van der Waals surface area contributed by atoms with Crippen LogP contribution < -0.4 is 4.18 Å². The quantitative estimate of drug-likeness (QED) is 0.487. The molecule has 0 fully saturated rings. The Morgan fingerprint density at radius 3 is 2.13 bits per heavy atom. The Hall–Kier alpha value is -2.42. The van der Waals surface area contributed by atoms with E-state index in [9.17, 15) is 16.8 Å². The van der Waals surface area contributed by atoms with Crippen LogP contribution in [0.1, 0.15) is 19.4 Å². The van der Waals surface area contributed by atoms with Crippen molar-refractivity contribution in [2.24, 2.45) is 5.92 Å². The highest BCUT2D eigenvalue weighted by atomic mass is 32.2.